The molecule has 1 aromatic carbocycles. The SMILES string of the molecule is Cc1[nH]c2c(C3CC3)ccc(N)c2c1CC(N)C(=O)O. The number of aromatic amines is 1. The van der Waals surface area contributed by atoms with E-state index in [-0.39, 0.29) is 0 Å². The number of carbonyl (C=O) groups is 1. The first-order valence-corrected chi connectivity index (χ1v) is 6.87. The van der Waals surface area contributed by atoms with Crippen molar-refractivity contribution < 1.29 is 9.90 Å². The van der Waals surface area contributed by atoms with Crippen molar-refractivity contribution in [1.29, 1.82) is 0 Å². The molecule has 1 unspecified atom stereocenters. The molecule has 0 radical (unpaired) electrons. The standard InChI is InChI=1S/C15H19N3O2/c1-7-10(6-12(17)15(19)20)13-11(16)5-4-9(8-2-3-8)14(13)18-7/h4-5,8,12,18H,2-3,6,16-17H2,1H3,(H,19,20). The lowest BCUT2D eigenvalue weighted by Gasteiger charge is -2.09. The number of nitrogens with two attached hydrogens (primary N) is 2. The van der Waals surface area contributed by atoms with E-state index in [1.165, 1.54) is 18.4 Å². The zero-order valence-electron chi connectivity index (χ0n) is 11.4. The van der Waals surface area contributed by atoms with Crippen LogP contribution in [0, 0.1) is 6.92 Å². The Bertz CT molecular complexity index is 686. The molecule has 5 nitrogen and oxygen atoms in total. The fourth-order valence-corrected chi connectivity index (χ4v) is 2.84. The molecule has 1 saturated carbocycles. The van der Waals surface area contributed by atoms with Gasteiger partial charge in [0.2, 0.25) is 0 Å². The van der Waals surface area contributed by atoms with E-state index in [4.69, 9.17) is 16.6 Å². The average Bonchev–Trinajstić information content (AvgIpc) is 3.16. The lowest BCUT2D eigenvalue weighted by molar-refractivity contribution is -0.138. The first-order chi connectivity index (χ1) is 9.49. The van der Waals surface area contributed by atoms with Crippen molar-refractivity contribution in [1.82, 2.24) is 4.98 Å². The number of anilines is 1. The van der Waals surface area contributed by atoms with Crippen LogP contribution in [-0.4, -0.2) is 22.1 Å². The van der Waals surface area contributed by atoms with E-state index < -0.39 is 12.0 Å². The minimum absolute atomic E-state index is 0.291. The van der Waals surface area contributed by atoms with Gasteiger partial charge in [-0.25, -0.2) is 0 Å². The van der Waals surface area contributed by atoms with Gasteiger partial charge in [0.05, 0.1) is 5.52 Å². The summed E-state index contributed by atoms with van der Waals surface area (Å²) < 4.78 is 0. The average molecular weight is 273 g/mol. The molecular formula is C15H19N3O2. The maximum atomic E-state index is 11.0. The van der Waals surface area contributed by atoms with E-state index in [0.29, 0.717) is 18.0 Å². The van der Waals surface area contributed by atoms with Gasteiger partial charge in [-0.1, -0.05) is 6.07 Å². The number of hydrogen-bond donors (Lipinski definition) is 4. The number of aliphatic carboxylic acids is 1. The van der Waals surface area contributed by atoms with Gasteiger partial charge in [0.1, 0.15) is 6.04 Å². The molecule has 1 atom stereocenters. The van der Waals surface area contributed by atoms with Gasteiger partial charge in [0, 0.05) is 23.2 Å². The normalized spacial score (nSPS) is 16.5. The van der Waals surface area contributed by atoms with Crippen LogP contribution in [0.1, 0.15) is 35.6 Å². The molecule has 1 fully saturated rings. The number of hydrogen-bond acceptors (Lipinski definition) is 3. The molecule has 5 heteroatoms. The van der Waals surface area contributed by atoms with Crippen LogP contribution in [0.4, 0.5) is 5.69 Å². The molecule has 1 heterocycles. The van der Waals surface area contributed by atoms with Crippen molar-refractivity contribution in [2.24, 2.45) is 5.73 Å². The van der Waals surface area contributed by atoms with Crippen molar-refractivity contribution in [3.05, 3.63) is 29.0 Å². The van der Waals surface area contributed by atoms with Crippen molar-refractivity contribution >= 4 is 22.6 Å². The molecule has 0 aliphatic heterocycles. The van der Waals surface area contributed by atoms with Crippen LogP contribution >= 0.6 is 0 Å². The topological polar surface area (TPSA) is 105 Å². The number of nitrogen functional groups attached to an aromatic ring is 1. The molecule has 0 amide bonds. The summed E-state index contributed by atoms with van der Waals surface area (Å²) in [7, 11) is 0. The first-order valence-electron chi connectivity index (χ1n) is 6.87. The van der Waals surface area contributed by atoms with E-state index in [9.17, 15) is 4.79 Å². The van der Waals surface area contributed by atoms with Crippen LogP contribution in [0.25, 0.3) is 10.9 Å². The van der Waals surface area contributed by atoms with Gasteiger partial charge in [0.25, 0.3) is 0 Å². The fourth-order valence-electron chi connectivity index (χ4n) is 2.84. The molecule has 20 heavy (non-hydrogen) atoms. The zero-order chi connectivity index (χ0) is 14.4. The maximum absolute atomic E-state index is 11.0. The van der Waals surface area contributed by atoms with Gasteiger partial charge in [0.15, 0.2) is 0 Å². The number of aromatic nitrogens is 1. The monoisotopic (exact) mass is 273 g/mol. The van der Waals surface area contributed by atoms with Gasteiger partial charge < -0.3 is 21.6 Å². The molecule has 6 N–H and O–H groups in total. The van der Waals surface area contributed by atoms with Crippen LogP contribution in [0.15, 0.2) is 12.1 Å². The largest absolute Gasteiger partial charge is 0.480 e. The number of benzene rings is 1. The number of nitrogens with one attached hydrogen (secondary N) is 1. The minimum Gasteiger partial charge on any atom is -0.480 e. The quantitative estimate of drug-likeness (QED) is 0.638. The molecule has 0 bridgehead atoms. The molecule has 1 aliphatic rings. The second kappa shape index (κ2) is 4.52. The third-order valence-corrected chi connectivity index (χ3v) is 4.10. The Morgan fingerprint density at radius 3 is 2.80 bits per heavy atom. The zero-order valence-corrected chi connectivity index (χ0v) is 11.4. The summed E-state index contributed by atoms with van der Waals surface area (Å²) >= 11 is 0. The van der Waals surface area contributed by atoms with E-state index in [1.807, 2.05) is 13.0 Å². The lowest BCUT2D eigenvalue weighted by atomic mass is 9.99. The molecule has 0 spiro atoms. The van der Waals surface area contributed by atoms with Gasteiger partial charge in [-0.15, -0.1) is 0 Å². The highest BCUT2D eigenvalue weighted by atomic mass is 16.4. The second-order valence-corrected chi connectivity index (χ2v) is 5.65. The van der Waals surface area contributed by atoms with Crippen LogP contribution in [0.5, 0.6) is 0 Å². The molecule has 1 aliphatic carbocycles. The Morgan fingerprint density at radius 1 is 1.50 bits per heavy atom. The summed E-state index contributed by atoms with van der Waals surface area (Å²) in [6.07, 6.45) is 2.71. The highest BCUT2D eigenvalue weighted by Gasteiger charge is 2.28. The van der Waals surface area contributed by atoms with Gasteiger partial charge in [-0.2, -0.15) is 0 Å². The van der Waals surface area contributed by atoms with Crippen LogP contribution in [0.3, 0.4) is 0 Å². The molecule has 106 valence electrons. The van der Waals surface area contributed by atoms with Gasteiger partial charge >= 0.3 is 5.97 Å². The molecular weight excluding hydrogens is 254 g/mol. The third kappa shape index (κ3) is 2.04. The summed E-state index contributed by atoms with van der Waals surface area (Å²) in [6, 6.07) is 3.09. The van der Waals surface area contributed by atoms with Crippen LogP contribution in [0.2, 0.25) is 0 Å². The van der Waals surface area contributed by atoms with E-state index in [0.717, 1.165) is 22.2 Å². The molecule has 3 rings (SSSR count). The van der Waals surface area contributed by atoms with Crippen molar-refractivity contribution in [2.75, 3.05) is 5.73 Å². The Morgan fingerprint density at radius 2 is 2.20 bits per heavy atom. The Balaban J connectivity index is 2.14. The third-order valence-electron chi connectivity index (χ3n) is 4.10. The van der Waals surface area contributed by atoms with E-state index in [2.05, 4.69) is 11.1 Å². The van der Waals surface area contributed by atoms with Crippen molar-refractivity contribution in [2.45, 2.75) is 38.1 Å². The van der Waals surface area contributed by atoms with E-state index in [1.54, 1.807) is 0 Å². The molecule has 2 aromatic rings. The predicted molar refractivity (Wildman–Crippen MR) is 78.7 cm³/mol. The highest BCUT2D eigenvalue weighted by Crippen LogP contribution is 2.44. The summed E-state index contributed by atoms with van der Waals surface area (Å²) in [5, 5.41) is 9.95. The summed E-state index contributed by atoms with van der Waals surface area (Å²) in [6.45, 7) is 1.94. The smallest absolute Gasteiger partial charge is 0.320 e. The van der Waals surface area contributed by atoms with Crippen molar-refractivity contribution in [3.63, 3.8) is 0 Å². The number of carboxylic acid groups (broad SMARTS) is 1. The Kier molecular flexibility index (Phi) is 2.94. The van der Waals surface area contributed by atoms with Crippen LogP contribution in [-0.2, 0) is 11.2 Å². The maximum Gasteiger partial charge on any atom is 0.320 e. The number of H-pyrrole nitrogens is 1. The number of carboxylic acids is 1. The number of aryl methyl sites for hydroxylation is 1. The highest BCUT2D eigenvalue weighted by molar-refractivity contribution is 5.97. The second-order valence-electron chi connectivity index (χ2n) is 5.65. The van der Waals surface area contributed by atoms with E-state index >= 15 is 0 Å². The molecule has 0 saturated heterocycles. The van der Waals surface area contributed by atoms with Gasteiger partial charge in [-0.3, -0.25) is 4.79 Å². The number of fused-ring (bicyclic) bond motifs is 1. The van der Waals surface area contributed by atoms with Crippen molar-refractivity contribution in [3.8, 4) is 0 Å². The first kappa shape index (κ1) is 13.0. The number of rotatable bonds is 4. The predicted octanol–water partition coefficient (Wildman–Crippen LogP) is 1.89. The van der Waals surface area contributed by atoms with Gasteiger partial charge in [-0.05, 0) is 42.9 Å². The Hall–Kier alpha value is -2.01. The summed E-state index contributed by atoms with van der Waals surface area (Å²) in [5.41, 5.74) is 16.7. The molecule has 1 aromatic heterocycles. The lowest BCUT2D eigenvalue weighted by Crippen LogP contribution is -2.32. The van der Waals surface area contributed by atoms with Crippen LogP contribution < -0.4 is 11.5 Å². The Labute approximate surface area is 117 Å². The minimum atomic E-state index is -0.990. The summed E-state index contributed by atoms with van der Waals surface area (Å²) in [5.74, 6) is -0.382. The summed E-state index contributed by atoms with van der Waals surface area (Å²) in [4.78, 5) is 14.4. The fraction of sp³-hybridized carbons (Fsp3) is 0.400.